The number of nitrogens with zero attached hydrogens (tertiary/aromatic N) is 3. The van der Waals surface area contributed by atoms with Crippen LogP contribution >= 0.6 is 11.3 Å². The van der Waals surface area contributed by atoms with E-state index in [1.165, 1.54) is 11.3 Å². The normalized spacial score (nSPS) is 11.2. The minimum atomic E-state index is -0.228. The first-order valence-electron chi connectivity index (χ1n) is 9.01. The zero-order valence-electron chi connectivity index (χ0n) is 15.8. The molecule has 8 heteroatoms. The number of aryl methyl sites for hydroxylation is 1. The number of thiophene rings is 1. The van der Waals surface area contributed by atoms with Crippen LogP contribution in [0.1, 0.15) is 14.5 Å². The van der Waals surface area contributed by atoms with Crippen molar-refractivity contribution in [3.8, 4) is 17.0 Å². The van der Waals surface area contributed by atoms with E-state index in [-0.39, 0.29) is 11.9 Å². The number of ether oxygens (including phenoxy) is 1. The maximum Gasteiger partial charge on any atom is 0.268 e. The highest BCUT2D eigenvalue weighted by atomic mass is 32.1. The number of rotatable bonds is 4. The van der Waals surface area contributed by atoms with Gasteiger partial charge in [-0.1, -0.05) is 6.07 Å². The molecule has 2 N–H and O–H groups in total. The molecule has 1 aromatic carbocycles. The molecule has 0 fully saturated rings. The molecule has 4 aromatic heterocycles. The van der Waals surface area contributed by atoms with Gasteiger partial charge < -0.3 is 9.72 Å². The molecule has 0 aliphatic heterocycles. The van der Waals surface area contributed by atoms with Gasteiger partial charge in [0.05, 0.1) is 17.7 Å². The van der Waals surface area contributed by atoms with Crippen molar-refractivity contribution in [1.29, 1.82) is 0 Å². The third kappa shape index (κ3) is 3.03. The average Bonchev–Trinajstić information content (AvgIpc) is 3.45. The number of aromatic nitrogens is 4. The Morgan fingerprint density at radius 2 is 2.07 bits per heavy atom. The maximum atomic E-state index is 12.5. The van der Waals surface area contributed by atoms with Crippen LogP contribution in [0.4, 0.5) is 5.95 Å². The Bertz CT molecular complexity index is 1360. The number of fused-ring (bicyclic) bond motifs is 2. The molecule has 5 aromatic rings. The van der Waals surface area contributed by atoms with Gasteiger partial charge >= 0.3 is 0 Å². The summed E-state index contributed by atoms with van der Waals surface area (Å²) in [6, 6.07) is 15.7. The molecule has 0 bridgehead atoms. The van der Waals surface area contributed by atoms with Crippen LogP contribution in [-0.2, 0) is 0 Å². The first kappa shape index (κ1) is 17.4. The molecule has 0 radical (unpaired) electrons. The van der Waals surface area contributed by atoms with E-state index in [0.717, 1.165) is 27.0 Å². The van der Waals surface area contributed by atoms with Gasteiger partial charge in [-0.25, -0.2) is 4.52 Å². The number of amides is 1. The van der Waals surface area contributed by atoms with Crippen LogP contribution in [0.15, 0.2) is 54.7 Å². The lowest BCUT2D eigenvalue weighted by molar-refractivity contribution is 0.102. The van der Waals surface area contributed by atoms with E-state index in [0.29, 0.717) is 16.3 Å². The molecule has 1 amide bonds. The lowest BCUT2D eigenvalue weighted by Crippen LogP contribution is -2.11. The highest BCUT2D eigenvalue weighted by molar-refractivity contribution is 7.14. The fraction of sp³-hybridized carbons (Fsp3) is 0.0952. The number of hydrogen-bond donors (Lipinski definition) is 2. The summed E-state index contributed by atoms with van der Waals surface area (Å²) in [5.74, 6) is 0.583. The number of nitrogens with one attached hydrogen (secondary N) is 2. The van der Waals surface area contributed by atoms with Crippen molar-refractivity contribution in [2.75, 3.05) is 12.4 Å². The number of hydrogen-bond acceptors (Lipinski definition) is 5. The molecule has 0 atom stereocenters. The van der Waals surface area contributed by atoms with Gasteiger partial charge in [-0.2, -0.15) is 4.98 Å². The molecular weight excluding hydrogens is 386 g/mol. The molecule has 0 spiro atoms. The van der Waals surface area contributed by atoms with Gasteiger partial charge in [0.2, 0.25) is 5.95 Å². The number of carbonyl (C=O) groups excluding carboxylic acids is 1. The molecule has 0 aliphatic carbocycles. The largest absolute Gasteiger partial charge is 0.493 e. The fourth-order valence-electron chi connectivity index (χ4n) is 3.30. The highest BCUT2D eigenvalue weighted by Gasteiger charge is 2.17. The Morgan fingerprint density at radius 3 is 2.86 bits per heavy atom. The molecule has 0 saturated heterocycles. The summed E-state index contributed by atoms with van der Waals surface area (Å²) in [6.45, 7) is 1.96. The molecule has 0 aliphatic rings. The van der Waals surface area contributed by atoms with Crippen LogP contribution in [0.5, 0.6) is 5.75 Å². The van der Waals surface area contributed by atoms with E-state index in [9.17, 15) is 4.79 Å². The molecular formula is C21H17N5O2S. The second kappa shape index (κ2) is 6.75. The van der Waals surface area contributed by atoms with Crippen molar-refractivity contribution < 1.29 is 9.53 Å². The molecule has 7 nitrogen and oxygen atoms in total. The Labute approximate surface area is 170 Å². The van der Waals surface area contributed by atoms with Crippen LogP contribution < -0.4 is 10.1 Å². The van der Waals surface area contributed by atoms with Crippen molar-refractivity contribution in [2.45, 2.75) is 6.92 Å². The zero-order valence-corrected chi connectivity index (χ0v) is 16.6. The van der Waals surface area contributed by atoms with Crippen molar-refractivity contribution in [2.24, 2.45) is 0 Å². The predicted octanol–water partition coefficient (Wildman–Crippen LogP) is 4.51. The fourth-order valence-corrected chi connectivity index (χ4v) is 4.07. The molecule has 5 rings (SSSR count). The summed E-state index contributed by atoms with van der Waals surface area (Å²) in [7, 11) is 1.59. The summed E-state index contributed by atoms with van der Waals surface area (Å²) < 4.78 is 7.14. The molecule has 4 heterocycles. The van der Waals surface area contributed by atoms with Crippen LogP contribution in [0, 0.1) is 6.92 Å². The third-order valence-electron chi connectivity index (χ3n) is 4.71. The van der Waals surface area contributed by atoms with E-state index < -0.39 is 0 Å². The van der Waals surface area contributed by atoms with Gasteiger partial charge in [0.1, 0.15) is 0 Å². The van der Waals surface area contributed by atoms with Gasteiger partial charge in [0.15, 0.2) is 11.4 Å². The number of pyridine rings is 1. The van der Waals surface area contributed by atoms with Gasteiger partial charge in [-0.05, 0) is 49.4 Å². The van der Waals surface area contributed by atoms with Crippen LogP contribution in [-0.4, -0.2) is 32.6 Å². The van der Waals surface area contributed by atoms with Gasteiger partial charge in [0, 0.05) is 27.5 Å². The zero-order chi connectivity index (χ0) is 20.0. The van der Waals surface area contributed by atoms with Crippen molar-refractivity contribution >= 4 is 39.7 Å². The quantitative estimate of drug-likeness (QED) is 0.462. The Kier molecular flexibility index (Phi) is 4.06. The van der Waals surface area contributed by atoms with Crippen molar-refractivity contribution in [3.63, 3.8) is 0 Å². The maximum absolute atomic E-state index is 12.5. The SMILES string of the molecule is COc1ccc(-c2ccc3[nH]ccc3c2)n2nc(NC(=O)c3ccc(C)s3)nc12. The Morgan fingerprint density at radius 1 is 1.17 bits per heavy atom. The summed E-state index contributed by atoms with van der Waals surface area (Å²) in [4.78, 5) is 21.9. The van der Waals surface area contributed by atoms with Gasteiger partial charge in [0.25, 0.3) is 5.91 Å². The molecule has 29 heavy (non-hydrogen) atoms. The average molecular weight is 403 g/mol. The first-order chi connectivity index (χ1) is 14.1. The van der Waals surface area contributed by atoms with Crippen LogP contribution in [0.25, 0.3) is 27.8 Å². The van der Waals surface area contributed by atoms with Gasteiger partial charge in [-0.3, -0.25) is 10.1 Å². The summed E-state index contributed by atoms with van der Waals surface area (Å²) in [5, 5.41) is 8.42. The minimum Gasteiger partial charge on any atom is -0.493 e. The first-order valence-corrected chi connectivity index (χ1v) is 9.83. The summed E-state index contributed by atoms with van der Waals surface area (Å²) in [6.07, 6.45) is 1.91. The Hall–Kier alpha value is -3.65. The number of benzene rings is 1. The minimum absolute atomic E-state index is 0.228. The molecule has 144 valence electrons. The van der Waals surface area contributed by atoms with Crippen LogP contribution in [0.2, 0.25) is 0 Å². The summed E-state index contributed by atoms with van der Waals surface area (Å²) in [5.41, 5.74) is 3.44. The lowest BCUT2D eigenvalue weighted by Gasteiger charge is -2.07. The highest BCUT2D eigenvalue weighted by Crippen LogP contribution is 2.29. The number of anilines is 1. The third-order valence-corrected chi connectivity index (χ3v) is 5.71. The molecule has 0 saturated carbocycles. The van der Waals surface area contributed by atoms with E-state index in [1.54, 1.807) is 17.7 Å². The smallest absolute Gasteiger partial charge is 0.268 e. The standard InChI is InChI=1S/C21H17N5O2S/c1-12-3-8-18(29-12)20(27)24-21-23-19-17(28-2)7-6-16(26(19)25-21)14-4-5-15-13(11-14)9-10-22-15/h3-11,22H,1-2H3,(H,24,25,27). The number of H-pyrrole nitrogens is 1. The van der Waals surface area contributed by atoms with Crippen molar-refractivity contribution in [1.82, 2.24) is 19.6 Å². The second-order valence-corrected chi connectivity index (χ2v) is 7.89. The molecule has 0 unspecified atom stereocenters. The predicted molar refractivity (Wildman–Crippen MR) is 114 cm³/mol. The Balaban J connectivity index is 1.59. The van der Waals surface area contributed by atoms with E-state index in [1.807, 2.05) is 49.5 Å². The van der Waals surface area contributed by atoms with Crippen molar-refractivity contribution in [3.05, 3.63) is 64.5 Å². The topological polar surface area (TPSA) is 84.3 Å². The number of aromatic amines is 1. The number of methoxy groups -OCH3 is 1. The summed E-state index contributed by atoms with van der Waals surface area (Å²) >= 11 is 1.43. The van der Waals surface area contributed by atoms with Crippen LogP contribution in [0.3, 0.4) is 0 Å². The second-order valence-electron chi connectivity index (χ2n) is 6.60. The monoisotopic (exact) mass is 403 g/mol. The van der Waals surface area contributed by atoms with E-state index in [2.05, 4.69) is 26.4 Å². The number of carbonyl (C=O) groups is 1. The van der Waals surface area contributed by atoms with E-state index >= 15 is 0 Å². The lowest BCUT2D eigenvalue weighted by atomic mass is 10.1. The van der Waals surface area contributed by atoms with E-state index in [4.69, 9.17) is 4.74 Å². The van der Waals surface area contributed by atoms with Gasteiger partial charge in [-0.15, -0.1) is 16.4 Å².